The fourth-order valence-corrected chi connectivity index (χ4v) is 4.07. The zero-order valence-corrected chi connectivity index (χ0v) is 16.8. The van der Waals surface area contributed by atoms with E-state index < -0.39 is 22.0 Å². The Kier molecular flexibility index (Phi) is 6.24. The van der Waals surface area contributed by atoms with Crippen molar-refractivity contribution in [3.05, 3.63) is 58.6 Å². The molecule has 134 valence electrons. The molecule has 0 radical (unpaired) electrons. The van der Waals surface area contributed by atoms with Gasteiger partial charge in [0.05, 0.1) is 11.9 Å². The maximum atomic E-state index is 12.6. The number of anilines is 2. The molecule has 25 heavy (non-hydrogen) atoms. The van der Waals surface area contributed by atoms with Crippen molar-refractivity contribution >= 4 is 43.2 Å². The highest BCUT2D eigenvalue weighted by atomic mass is 79.9. The number of carbonyl (C=O) groups excluding carboxylic acids is 1. The Balaban J connectivity index is 2.29. The molecule has 1 atom stereocenters. The van der Waals surface area contributed by atoms with Crippen LogP contribution in [0.5, 0.6) is 0 Å². The normalized spacial score (nSPS) is 12.5. The summed E-state index contributed by atoms with van der Waals surface area (Å²) in [6.45, 7) is 3.60. The van der Waals surface area contributed by atoms with Crippen LogP contribution < -0.4 is 9.62 Å². The van der Waals surface area contributed by atoms with E-state index >= 15 is 0 Å². The van der Waals surface area contributed by atoms with Crippen molar-refractivity contribution in [1.29, 1.82) is 0 Å². The first-order valence-corrected chi connectivity index (χ1v) is 10.5. The monoisotopic (exact) mass is 424 g/mol. The topological polar surface area (TPSA) is 66.5 Å². The minimum atomic E-state index is -3.62. The molecule has 0 aromatic heterocycles. The minimum Gasteiger partial charge on any atom is -0.324 e. The average molecular weight is 425 g/mol. The van der Waals surface area contributed by atoms with Gasteiger partial charge in [0, 0.05) is 10.2 Å². The van der Waals surface area contributed by atoms with Gasteiger partial charge in [-0.15, -0.1) is 0 Å². The molecule has 0 aliphatic heterocycles. The zero-order valence-electron chi connectivity index (χ0n) is 14.4. The van der Waals surface area contributed by atoms with Gasteiger partial charge in [-0.3, -0.25) is 9.10 Å². The van der Waals surface area contributed by atoms with Gasteiger partial charge in [0.25, 0.3) is 0 Å². The van der Waals surface area contributed by atoms with Crippen molar-refractivity contribution in [2.24, 2.45) is 0 Å². The number of amides is 1. The molecule has 0 saturated heterocycles. The number of nitrogens with zero attached hydrogens (tertiary/aromatic N) is 1. The lowest BCUT2D eigenvalue weighted by Gasteiger charge is -2.28. The van der Waals surface area contributed by atoms with Crippen LogP contribution in [0, 0.1) is 0 Å². The predicted molar refractivity (Wildman–Crippen MR) is 105 cm³/mol. The van der Waals surface area contributed by atoms with Crippen LogP contribution in [0.3, 0.4) is 0 Å². The maximum absolute atomic E-state index is 12.6. The van der Waals surface area contributed by atoms with E-state index in [9.17, 15) is 13.2 Å². The summed E-state index contributed by atoms with van der Waals surface area (Å²) in [5.41, 5.74) is 2.17. The molecule has 7 heteroatoms. The number of hydrogen-bond acceptors (Lipinski definition) is 3. The highest BCUT2D eigenvalue weighted by molar-refractivity contribution is 9.10. The van der Waals surface area contributed by atoms with Gasteiger partial charge in [0.1, 0.15) is 6.04 Å². The van der Waals surface area contributed by atoms with Gasteiger partial charge in [-0.1, -0.05) is 41.1 Å². The van der Waals surface area contributed by atoms with E-state index in [1.54, 1.807) is 37.3 Å². The van der Waals surface area contributed by atoms with Crippen LogP contribution >= 0.6 is 15.9 Å². The molecule has 0 aliphatic carbocycles. The van der Waals surface area contributed by atoms with Gasteiger partial charge in [-0.05, 0) is 49.2 Å². The third-order valence-electron chi connectivity index (χ3n) is 3.78. The van der Waals surface area contributed by atoms with Gasteiger partial charge < -0.3 is 5.32 Å². The van der Waals surface area contributed by atoms with E-state index in [-0.39, 0.29) is 0 Å². The van der Waals surface area contributed by atoms with E-state index in [2.05, 4.69) is 21.2 Å². The van der Waals surface area contributed by atoms with Gasteiger partial charge in [0.15, 0.2) is 0 Å². The summed E-state index contributed by atoms with van der Waals surface area (Å²) >= 11 is 3.34. The van der Waals surface area contributed by atoms with E-state index in [1.165, 1.54) is 0 Å². The number of halogens is 1. The molecule has 1 unspecified atom stereocenters. The molecule has 2 aromatic carbocycles. The summed E-state index contributed by atoms with van der Waals surface area (Å²) in [5.74, 6) is -0.400. The van der Waals surface area contributed by atoms with Crippen molar-refractivity contribution in [3.63, 3.8) is 0 Å². The van der Waals surface area contributed by atoms with Crippen molar-refractivity contribution in [2.45, 2.75) is 26.3 Å². The average Bonchev–Trinajstić information content (AvgIpc) is 2.54. The van der Waals surface area contributed by atoms with Crippen molar-refractivity contribution in [1.82, 2.24) is 0 Å². The van der Waals surface area contributed by atoms with E-state index in [0.717, 1.165) is 27.0 Å². The lowest BCUT2D eigenvalue weighted by Crippen LogP contribution is -2.45. The number of carbonyl (C=O) groups is 1. The molecule has 0 bridgehead atoms. The zero-order chi connectivity index (χ0) is 18.6. The Morgan fingerprint density at radius 3 is 2.36 bits per heavy atom. The molecular formula is C18H21BrN2O3S. The third kappa shape index (κ3) is 5.06. The Morgan fingerprint density at radius 2 is 1.84 bits per heavy atom. The summed E-state index contributed by atoms with van der Waals surface area (Å²) in [6, 6.07) is 13.4. The second-order valence-electron chi connectivity index (χ2n) is 5.75. The molecule has 0 aliphatic rings. The Labute approximate surface area is 157 Å². The first kappa shape index (κ1) is 19.5. The molecule has 0 fully saturated rings. The van der Waals surface area contributed by atoms with Crippen LogP contribution in [-0.4, -0.2) is 26.6 Å². The molecular weight excluding hydrogens is 404 g/mol. The predicted octanol–water partition coefficient (Wildman–Crippen LogP) is 3.80. The second kappa shape index (κ2) is 8.01. The summed E-state index contributed by atoms with van der Waals surface area (Å²) in [4.78, 5) is 12.6. The SMILES string of the molecule is CCc1ccc(N(C(C)C(=O)Nc2cccc(Br)c2)S(C)(=O)=O)cc1. The van der Waals surface area contributed by atoms with Gasteiger partial charge in [0.2, 0.25) is 15.9 Å². The molecule has 1 N–H and O–H groups in total. The summed E-state index contributed by atoms with van der Waals surface area (Å²) < 4.78 is 26.5. The van der Waals surface area contributed by atoms with Crippen LogP contribution in [0.2, 0.25) is 0 Å². The molecule has 0 spiro atoms. The molecule has 0 heterocycles. The lowest BCUT2D eigenvalue weighted by atomic mass is 10.1. The van der Waals surface area contributed by atoms with E-state index in [0.29, 0.717) is 11.4 Å². The van der Waals surface area contributed by atoms with Crippen LogP contribution in [0.25, 0.3) is 0 Å². The number of hydrogen-bond donors (Lipinski definition) is 1. The Hall–Kier alpha value is -1.86. The smallest absolute Gasteiger partial charge is 0.247 e. The second-order valence-corrected chi connectivity index (χ2v) is 8.53. The van der Waals surface area contributed by atoms with Crippen LogP contribution in [-0.2, 0) is 21.2 Å². The Morgan fingerprint density at radius 1 is 1.20 bits per heavy atom. The number of aryl methyl sites for hydroxylation is 1. The Bertz CT molecular complexity index is 851. The van der Waals surface area contributed by atoms with Crippen LogP contribution in [0.4, 0.5) is 11.4 Å². The molecule has 1 amide bonds. The van der Waals surface area contributed by atoms with Gasteiger partial charge in [-0.25, -0.2) is 8.42 Å². The number of rotatable bonds is 6. The molecule has 2 aromatic rings. The fraction of sp³-hybridized carbons (Fsp3) is 0.278. The summed E-state index contributed by atoms with van der Waals surface area (Å²) in [6.07, 6.45) is 1.96. The maximum Gasteiger partial charge on any atom is 0.247 e. The summed E-state index contributed by atoms with van der Waals surface area (Å²) in [5, 5.41) is 2.75. The molecule has 2 rings (SSSR count). The van der Waals surface area contributed by atoms with Gasteiger partial charge in [-0.2, -0.15) is 0 Å². The number of sulfonamides is 1. The van der Waals surface area contributed by atoms with Gasteiger partial charge >= 0.3 is 0 Å². The quantitative estimate of drug-likeness (QED) is 0.766. The van der Waals surface area contributed by atoms with Crippen LogP contribution in [0.1, 0.15) is 19.4 Å². The van der Waals surface area contributed by atoms with Crippen molar-refractivity contribution < 1.29 is 13.2 Å². The molecule has 0 saturated carbocycles. The van der Waals surface area contributed by atoms with Crippen molar-refractivity contribution in [2.75, 3.05) is 15.9 Å². The number of benzene rings is 2. The number of nitrogens with one attached hydrogen (secondary N) is 1. The minimum absolute atomic E-state index is 0.400. The van der Waals surface area contributed by atoms with E-state index in [1.807, 2.05) is 25.1 Å². The highest BCUT2D eigenvalue weighted by Gasteiger charge is 2.29. The van der Waals surface area contributed by atoms with E-state index in [4.69, 9.17) is 0 Å². The van der Waals surface area contributed by atoms with Crippen LogP contribution in [0.15, 0.2) is 53.0 Å². The fourth-order valence-electron chi connectivity index (χ4n) is 2.50. The largest absolute Gasteiger partial charge is 0.324 e. The standard InChI is InChI=1S/C18H21BrN2O3S/c1-4-14-8-10-17(11-9-14)21(25(3,23)24)13(2)18(22)20-16-7-5-6-15(19)12-16/h5-13H,4H2,1-3H3,(H,20,22). The first-order chi connectivity index (χ1) is 11.7. The lowest BCUT2D eigenvalue weighted by molar-refractivity contribution is -0.116. The first-order valence-electron chi connectivity index (χ1n) is 7.87. The molecule has 5 nitrogen and oxygen atoms in total. The highest BCUT2D eigenvalue weighted by Crippen LogP contribution is 2.23. The third-order valence-corrected chi connectivity index (χ3v) is 5.51. The van der Waals surface area contributed by atoms with Crippen molar-refractivity contribution in [3.8, 4) is 0 Å². The summed E-state index contributed by atoms with van der Waals surface area (Å²) in [7, 11) is -3.62.